The van der Waals surface area contributed by atoms with Crippen LogP contribution in [0.3, 0.4) is 0 Å². The van der Waals surface area contributed by atoms with Gasteiger partial charge in [0.15, 0.2) is 0 Å². The molecule has 0 radical (unpaired) electrons. The molecule has 1 atom stereocenters. The third-order valence-corrected chi connectivity index (χ3v) is 8.61. The van der Waals surface area contributed by atoms with Gasteiger partial charge in [0.25, 0.3) is 15.9 Å². The monoisotopic (exact) mass is 606 g/mol. The smallest absolute Gasteiger partial charge is 0.416 e. The highest BCUT2D eigenvalue weighted by atomic mass is 32.2. The number of nitrogens with one attached hydrogen (secondary N) is 1. The van der Waals surface area contributed by atoms with Crippen LogP contribution in [-0.2, 0) is 35.3 Å². The molecule has 0 saturated carbocycles. The number of carbonyl (C=O) groups is 3. The Bertz CT molecular complexity index is 1610. The Morgan fingerprint density at radius 2 is 1.57 bits per heavy atom. The fourth-order valence-electron chi connectivity index (χ4n) is 5.03. The van der Waals surface area contributed by atoms with E-state index in [2.05, 4.69) is 5.32 Å². The van der Waals surface area contributed by atoms with Crippen LogP contribution in [0.4, 0.5) is 13.2 Å². The first kappa shape index (κ1) is 30.8. The summed E-state index contributed by atoms with van der Waals surface area (Å²) in [7, 11) is -4.06. The predicted molar refractivity (Wildman–Crippen MR) is 144 cm³/mol. The summed E-state index contributed by atoms with van der Waals surface area (Å²) >= 11 is 0. The van der Waals surface area contributed by atoms with Gasteiger partial charge in [-0.2, -0.15) is 13.2 Å². The van der Waals surface area contributed by atoms with Crippen molar-refractivity contribution in [2.45, 2.75) is 57.2 Å². The molecular formula is C29H29F3N2O7S. The zero-order chi connectivity index (χ0) is 31.0. The minimum Gasteiger partial charge on any atom is -0.462 e. The van der Waals surface area contributed by atoms with Crippen LogP contribution in [0.5, 0.6) is 0 Å². The standard InChI is InChI=1S/C29H29F3N2O7S/c1-16(2)41-28(37)24-18(4)33-17(3)23(25(24)19-10-5-7-12-21(19)29(30,31)32)27(36)40-15-9-14-34-26(35)20-11-6-8-13-22(20)42(34,38)39/h5-8,10-13,16,25,33H,9,14-15H2,1-4H3. The highest BCUT2D eigenvalue weighted by molar-refractivity contribution is 7.90. The van der Waals surface area contributed by atoms with E-state index in [9.17, 15) is 36.0 Å². The molecule has 2 aromatic carbocycles. The summed E-state index contributed by atoms with van der Waals surface area (Å²) < 4.78 is 79.2. The summed E-state index contributed by atoms with van der Waals surface area (Å²) in [5.41, 5.74) is -1.34. The lowest BCUT2D eigenvalue weighted by Gasteiger charge is -2.32. The number of benzene rings is 2. The molecule has 2 aliphatic heterocycles. The lowest BCUT2D eigenvalue weighted by molar-refractivity contribution is -0.144. The molecule has 0 aromatic heterocycles. The second-order valence-corrected chi connectivity index (χ2v) is 11.9. The fraction of sp³-hybridized carbons (Fsp3) is 0.345. The van der Waals surface area contributed by atoms with Crippen molar-refractivity contribution in [3.05, 3.63) is 87.8 Å². The van der Waals surface area contributed by atoms with Gasteiger partial charge in [-0.3, -0.25) is 4.79 Å². The number of nitrogens with zero attached hydrogens (tertiary/aromatic N) is 1. The van der Waals surface area contributed by atoms with Crippen LogP contribution in [0.15, 0.2) is 76.0 Å². The summed E-state index contributed by atoms with van der Waals surface area (Å²) in [5, 5.41) is 2.88. The molecule has 2 aliphatic rings. The van der Waals surface area contributed by atoms with Crippen molar-refractivity contribution in [1.29, 1.82) is 0 Å². The molecule has 1 N–H and O–H groups in total. The molecule has 0 fully saturated rings. The number of amides is 1. The van der Waals surface area contributed by atoms with Crippen LogP contribution in [0.2, 0.25) is 0 Å². The molecule has 42 heavy (non-hydrogen) atoms. The third-order valence-electron chi connectivity index (χ3n) is 6.77. The molecule has 4 rings (SSSR count). The van der Waals surface area contributed by atoms with E-state index in [4.69, 9.17) is 9.47 Å². The van der Waals surface area contributed by atoms with Crippen LogP contribution in [0.1, 0.15) is 61.5 Å². The van der Waals surface area contributed by atoms with E-state index in [1.807, 2.05) is 0 Å². The van der Waals surface area contributed by atoms with Crippen LogP contribution < -0.4 is 5.32 Å². The molecule has 1 amide bonds. The van der Waals surface area contributed by atoms with Crippen molar-refractivity contribution in [1.82, 2.24) is 9.62 Å². The number of esters is 2. The van der Waals surface area contributed by atoms with Gasteiger partial charge >= 0.3 is 18.1 Å². The normalized spacial score (nSPS) is 18.2. The number of ether oxygens (including phenoxy) is 2. The first-order chi connectivity index (χ1) is 19.7. The SMILES string of the molecule is CC1=C(C(=O)OCCCN2C(=O)c3ccccc3S2(=O)=O)C(c2ccccc2C(F)(F)F)C(C(=O)OC(C)C)=C(C)N1. The Hall–Kier alpha value is -4.13. The predicted octanol–water partition coefficient (Wildman–Crippen LogP) is 4.67. The molecule has 0 bridgehead atoms. The molecule has 13 heteroatoms. The average Bonchev–Trinajstić information content (AvgIpc) is 3.09. The van der Waals surface area contributed by atoms with Gasteiger partial charge in [0.1, 0.15) is 4.90 Å². The van der Waals surface area contributed by atoms with Crippen LogP contribution in [0.25, 0.3) is 0 Å². The minimum absolute atomic E-state index is 0.0395. The molecule has 0 spiro atoms. The Morgan fingerprint density at radius 3 is 2.19 bits per heavy atom. The lowest BCUT2D eigenvalue weighted by Crippen LogP contribution is -2.34. The Balaban J connectivity index is 1.61. The number of halogens is 3. The number of hydrogen-bond acceptors (Lipinski definition) is 8. The van der Waals surface area contributed by atoms with E-state index in [1.54, 1.807) is 19.9 Å². The summed E-state index contributed by atoms with van der Waals surface area (Å²) in [4.78, 5) is 39.1. The summed E-state index contributed by atoms with van der Waals surface area (Å²) in [6.07, 6.45) is -5.46. The second-order valence-electron chi connectivity index (χ2n) is 10.0. The highest BCUT2D eigenvalue weighted by Gasteiger charge is 2.44. The van der Waals surface area contributed by atoms with Gasteiger partial charge in [-0.15, -0.1) is 0 Å². The zero-order valence-corrected chi connectivity index (χ0v) is 24.1. The molecule has 224 valence electrons. The van der Waals surface area contributed by atoms with Crippen LogP contribution in [-0.4, -0.2) is 49.8 Å². The van der Waals surface area contributed by atoms with Crippen molar-refractivity contribution in [3.8, 4) is 0 Å². The van der Waals surface area contributed by atoms with Gasteiger partial charge in [-0.05, 0) is 51.5 Å². The van der Waals surface area contributed by atoms with E-state index >= 15 is 0 Å². The van der Waals surface area contributed by atoms with E-state index in [0.717, 1.165) is 6.07 Å². The van der Waals surface area contributed by atoms with Crippen molar-refractivity contribution in [3.63, 3.8) is 0 Å². The quantitative estimate of drug-likeness (QED) is 0.340. The Morgan fingerprint density at radius 1 is 0.976 bits per heavy atom. The Kier molecular flexibility index (Phi) is 8.53. The van der Waals surface area contributed by atoms with Crippen molar-refractivity contribution in [2.75, 3.05) is 13.2 Å². The number of alkyl halides is 3. The fourth-order valence-corrected chi connectivity index (χ4v) is 6.64. The average molecular weight is 607 g/mol. The van der Waals surface area contributed by atoms with Gasteiger partial charge < -0.3 is 14.8 Å². The van der Waals surface area contributed by atoms with Gasteiger partial charge in [0.05, 0.1) is 40.9 Å². The van der Waals surface area contributed by atoms with E-state index in [0.29, 0.717) is 4.31 Å². The molecule has 2 heterocycles. The van der Waals surface area contributed by atoms with Gasteiger partial charge in [-0.25, -0.2) is 22.3 Å². The third kappa shape index (κ3) is 5.78. The number of fused-ring (bicyclic) bond motifs is 1. The lowest BCUT2D eigenvalue weighted by atomic mass is 9.78. The zero-order valence-electron chi connectivity index (χ0n) is 23.2. The van der Waals surface area contributed by atoms with Gasteiger partial charge in [0.2, 0.25) is 0 Å². The van der Waals surface area contributed by atoms with Crippen molar-refractivity contribution in [2.24, 2.45) is 0 Å². The number of allylic oxidation sites excluding steroid dienone is 2. The van der Waals surface area contributed by atoms with Crippen molar-refractivity contribution < 1.29 is 45.4 Å². The highest BCUT2D eigenvalue weighted by Crippen LogP contribution is 2.44. The van der Waals surface area contributed by atoms with Crippen LogP contribution >= 0.6 is 0 Å². The topological polar surface area (TPSA) is 119 Å². The maximum Gasteiger partial charge on any atom is 0.416 e. The molecule has 0 saturated heterocycles. The number of carbonyl (C=O) groups excluding carboxylic acids is 3. The van der Waals surface area contributed by atoms with E-state index < -0.39 is 51.6 Å². The van der Waals surface area contributed by atoms with Crippen molar-refractivity contribution >= 4 is 27.9 Å². The van der Waals surface area contributed by atoms with E-state index in [1.165, 1.54) is 50.2 Å². The molecule has 0 aliphatic carbocycles. The summed E-state index contributed by atoms with van der Waals surface area (Å²) in [5.74, 6) is -4.09. The molecule has 2 aromatic rings. The van der Waals surface area contributed by atoms with Gasteiger partial charge in [-0.1, -0.05) is 30.3 Å². The number of dihydropyridines is 1. The largest absolute Gasteiger partial charge is 0.462 e. The number of sulfonamides is 1. The first-order valence-electron chi connectivity index (χ1n) is 13.0. The second kappa shape index (κ2) is 11.6. The summed E-state index contributed by atoms with van der Waals surface area (Å²) in [6, 6.07) is 10.4. The van der Waals surface area contributed by atoms with E-state index in [-0.39, 0.29) is 58.1 Å². The summed E-state index contributed by atoms with van der Waals surface area (Å²) in [6.45, 7) is 5.50. The molecular weight excluding hydrogens is 577 g/mol. The maximum absolute atomic E-state index is 14.1. The molecule has 9 nitrogen and oxygen atoms in total. The minimum atomic E-state index is -4.79. The maximum atomic E-state index is 14.1. The first-order valence-corrected chi connectivity index (χ1v) is 14.5. The Labute approximate surface area is 241 Å². The number of rotatable bonds is 8. The number of hydrogen-bond donors (Lipinski definition) is 1. The molecule has 1 unspecified atom stereocenters. The van der Waals surface area contributed by atoms with Gasteiger partial charge in [0, 0.05) is 24.4 Å². The van der Waals surface area contributed by atoms with Crippen LogP contribution in [0, 0.1) is 0 Å².